The van der Waals surface area contributed by atoms with Crippen LogP contribution in [0.25, 0.3) is 10.8 Å². The van der Waals surface area contributed by atoms with Crippen molar-refractivity contribution in [3.8, 4) is 5.75 Å². The van der Waals surface area contributed by atoms with Gasteiger partial charge in [0.15, 0.2) is 4.67 Å². The molecule has 3 aromatic rings. The minimum absolute atomic E-state index is 0.430. The zero-order valence-corrected chi connectivity index (χ0v) is 11.2. The maximum Gasteiger partial charge on any atom is 0.169 e. The van der Waals surface area contributed by atoms with Crippen LogP contribution in [0.1, 0.15) is 5.76 Å². The molecule has 3 heteroatoms. The number of furan rings is 1. The van der Waals surface area contributed by atoms with E-state index in [4.69, 9.17) is 9.15 Å². The van der Waals surface area contributed by atoms with Gasteiger partial charge in [0, 0.05) is 5.39 Å². The first-order valence-electron chi connectivity index (χ1n) is 5.68. The molecule has 0 radical (unpaired) electrons. The van der Waals surface area contributed by atoms with Gasteiger partial charge in [-0.15, -0.1) is 0 Å². The van der Waals surface area contributed by atoms with E-state index in [1.807, 2.05) is 36.4 Å². The number of ether oxygens (including phenoxy) is 1. The van der Waals surface area contributed by atoms with Gasteiger partial charge in [0.25, 0.3) is 0 Å². The van der Waals surface area contributed by atoms with Crippen LogP contribution in [0.3, 0.4) is 0 Å². The highest BCUT2D eigenvalue weighted by atomic mass is 79.9. The number of halogens is 1. The molecule has 0 aliphatic rings. The second-order valence-electron chi connectivity index (χ2n) is 3.97. The van der Waals surface area contributed by atoms with E-state index in [2.05, 4.69) is 34.1 Å². The summed E-state index contributed by atoms with van der Waals surface area (Å²) >= 11 is 3.28. The fourth-order valence-corrected chi connectivity index (χ4v) is 2.24. The van der Waals surface area contributed by atoms with Crippen molar-refractivity contribution in [3.05, 3.63) is 65.0 Å². The highest BCUT2D eigenvalue weighted by molar-refractivity contribution is 9.10. The summed E-state index contributed by atoms with van der Waals surface area (Å²) in [5.74, 6) is 1.68. The van der Waals surface area contributed by atoms with Gasteiger partial charge in [-0.25, -0.2) is 0 Å². The average Bonchev–Trinajstić information content (AvgIpc) is 2.82. The highest BCUT2D eigenvalue weighted by Gasteiger charge is 2.04. The van der Waals surface area contributed by atoms with Crippen LogP contribution in [0.15, 0.2) is 63.7 Å². The van der Waals surface area contributed by atoms with Crippen molar-refractivity contribution < 1.29 is 9.15 Å². The maximum absolute atomic E-state index is 5.80. The first-order valence-corrected chi connectivity index (χ1v) is 6.47. The summed E-state index contributed by atoms with van der Waals surface area (Å²) in [7, 11) is 0. The molecule has 0 spiro atoms. The summed E-state index contributed by atoms with van der Waals surface area (Å²) < 4.78 is 11.9. The lowest BCUT2D eigenvalue weighted by Crippen LogP contribution is -1.94. The van der Waals surface area contributed by atoms with Crippen LogP contribution in [0.4, 0.5) is 0 Å². The van der Waals surface area contributed by atoms with E-state index in [1.165, 1.54) is 5.39 Å². The first-order chi connectivity index (χ1) is 8.83. The Bertz CT molecular complexity index is 668. The highest BCUT2D eigenvalue weighted by Crippen LogP contribution is 2.26. The van der Waals surface area contributed by atoms with Gasteiger partial charge < -0.3 is 9.15 Å². The molecule has 0 fully saturated rings. The predicted molar refractivity (Wildman–Crippen MR) is 74.7 cm³/mol. The molecule has 3 rings (SSSR count). The lowest BCUT2D eigenvalue weighted by Gasteiger charge is -2.07. The molecule has 0 aliphatic carbocycles. The zero-order valence-electron chi connectivity index (χ0n) is 9.60. The van der Waals surface area contributed by atoms with Gasteiger partial charge in [-0.2, -0.15) is 0 Å². The number of hydrogen-bond acceptors (Lipinski definition) is 2. The summed E-state index contributed by atoms with van der Waals surface area (Å²) in [5.41, 5.74) is 0. The molecule has 1 aromatic heterocycles. The van der Waals surface area contributed by atoms with Gasteiger partial charge in [-0.05, 0) is 39.5 Å². The Kier molecular flexibility index (Phi) is 3.07. The maximum atomic E-state index is 5.80. The van der Waals surface area contributed by atoms with Gasteiger partial charge in [0.2, 0.25) is 0 Å². The Hall–Kier alpha value is -1.74. The molecule has 0 N–H and O–H groups in total. The molecule has 0 amide bonds. The second kappa shape index (κ2) is 4.86. The van der Waals surface area contributed by atoms with E-state index in [0.29, 0.717) is 6.61 Å². The molecule has 0 saturated carbocycles. The first kappa shape index (κ1) is 11.4. The zero-order chi connectivity index (χ0) is 12.4. The molecule has 0 aliphatic heterocycles. The van der Waals surface area contributed by atoms with Crippen LogP contribution in [0, 0.1) is 0 Å². The predicted octanol–water partition coefficient (Wildman–Crippen LogP) is 4.77. The number of benzene rings is 2. The SMILES string of the molecule is Brc1ccc(COc2cccc3ccccc23)o1. The normalized spacial score (nSPS) is 10.7. The van der Waals surface area contributed by atoms with Gasteiger partial charge in [-0.3, -0.25) is 0 Å². The Morgan fingerprint density at radius 2 is 1.78 bits per heavy atom. The fraction of sp³-hybridized carbons (Fsp3) is 0.0667. The summed E-state index contributed by atoms with van der Waals surface area (Å²) in [6, 6.07) is 18.0. The van der Waals surface area contributed by atoms with Crippen LogP contribution in [-0.4, -0.2) is 0 Å². The molecule has 0 saturated heterocycles. The minimum Gasteiger partial charge on any atom is -0.485 e. The molecular formula is C15H11BrO2. The lowest BCUT2D eigenvalue weighted by molar-refractivity contribution is 0.270. The number of rotatable bonds is 3. The van der Waals surface area contributed by atoms with Crippen molar-refractivity contribution in [1.29, 1.82) is 0 Å². The van der Waals surface area contributed by atoms with Gasteiger partial charge in [0.1, 0.15) is 18.1 Å². The van der Waals surface area contributed by atoms with Crippen LogP contribution in [0.2, 0.25) is 0 Å². The van der Waals surface area contributed by atoms with Crippen molar-refractivity contribution >= 4 is 26.7 Å². The summed E-state index contributed by atoms with van der Waals surface area (Å²) in [4.78, 5) is 0. The number of fused-ring (bicyclic) bond motifs is 1. The quantitative estimate of drug-likeness (QED) is 0.695. The molecule has 18 heavy (non-hydrogen) atoms. The molecule has 90 valence electrons. The Morgan fingerprint density at radius 3 is 2.61 bits per heavy atom. The lowest BCUT2D eigenvalue weighted by atomic mass is 10.1. The molecule has 2 aromatic carbocycles. The Morgan fingerprint density at radius 1 is 0.944 bits per heavy atom. The van der Waals surface area contributed by atoms with E-state index in [1.54, 1.807) is 0 Å². The number of hydrogen-bond donors (Lipinski definition) is 0. The summed E-state index contributed by atoms with van der Waals surface area (Å²) in [6.45, 7) is 0.430. The van der Waals surface area contributed by atoms with E-state index in [-0.39, 0.29) is 0 Å². The van der Waals surface area contributed by atoms with Gasteiger partial charge in [-0.1, -0.05) is 36.4 Å². The standard InChI is InChI=1S/C15H11BrO2/c16-15-9-8-12(18-15)10-17-14-7-3-5-11-4-1-2-6-13(11)14/h1-9H,10H2. The fourth-order valence-electron chi connectivity index (χ4n) is 1.90. The molecular weight excluding hydrogens is 292 g/mol. The van der Waals surface area contributed by atoms with Crippen LogP contribution < -0.4 is 4.74 Å². The topological polar surface area (TPSA) is 22.4 Å². The van der Waals surface area contributed by atoms with Crippen LogP contribution in [0.5, 0.6) is 5.75 Å². The third kappa shape index (κ3) is 2.27. The Balaban J connectivity index is 1.86. The monoisotopic (exact) mass is 302 g/mol. The second-order valence-corrected chi connectivity index (χ2v) is 4.75. The van der Waals surface area contributed by atoms with E-state index in [9.17, 15) is 0 Å². The van der Waals surface area contributed by atoms with Gasteiger partial charge >= 0.3 is 0 Å². The van der Waals surface area contributed by atoms with Crippen molar-refractivity contribution in [2.75, 3.05) is 0 Å². The summed E-state index contributed by atoms with van der Waals surface area (Å²) in [5, 5.41) is 2.29. The van der Waals surface area contributed by atoms with Crippen molar-refractivity contribution in [2.45, 2.75) is 6.61 Å². The van der Waals surface area contributed by atoms with Crippen molar-refractivity contribution in [1.82, 2.24) is 0 Å². The van der Waals surface area contributed by atoms with E-state index < -0.39 is 0 Å². The van der Waals surface area contributed by atoms with Crippen molar-refractivity contribution in [3.63, 3.8) is 0 Å². The van der Waals surface area contributed by atoms with E-state index >= 15 is 0 Å². The smallest absolute Gasteiger partial charge is 0.169 e. The van der Waals surface area contributed by atoms with Crippen LogP contribution >= 0.6 is 15.9 Å². The third-order valence-corrected chi connectivity index (χ3v) is 3.17. The van der Waals surface area contributed by atoms with Gasteiger partial charge in [0.05, 0.1) is 0 Å². The largest absolute Gasteiger partial charge is 0.485 e. The Labute approximate surface area is 113 Å². The molecule has 0 atom stereocenters. The van der Waals surface area contributed by atoms with Crippen molar-refractivity contribution in [2.24, 2.45) is 0 Å². The average molecular weight is 303 g/mol. The minimum atomic E-state index is 0.430. The molecule has 2 nitrogen and oxygen atoms in total. The van der Waals surface area contributed by atoms with E-state index in [0.717, 1.165) is 21.6 Å². The molecule has 1 heterocycles. The van der Waals surface area contributed by atoms with Crippen LogP contribution in [-0.2, 0) is 6.61 Å². The summed E-state index contributed by atoms with van der Waals surface area (Å²) in [6.07, 6.45) is 0. The molecule has 0 bridgehead atoms. The molecule has 0 unspecified atom stereocenters. The third-order valence-electron chi connectivity index (χ3n) is 2.75.